The van der Waals surface area contributed by atoms with Gasteiger partial charge in [0, 0.05) is 37.3 Å². The van der Waals surface area contributed by atoms with Crippen molar-refractivity contribution in [1.29, 1.82) is 0 Å². The largest absolute Gasteiger partial charge is 0.369 e. The van der Waals surface area contributed by atoms with Crippen LogP contribution in [0, 0.1) is 13.8 Å². The number of nitrogens with one attached hydrogen (secondary N) is 1. The van der Waals surface area contributed by atoms with Crippen LogP contribution in [0.1, 0.15) is 33.6 Å². The van der Waals surface area contributed by atoms with Gasteiger partial charge in [0.2, 0.25) is 5.95 Å². The second-order valence-corrected chi connectivity index (χ2v) is 7.05. The van der Waals surface area contributed by atoms with Crippen LogP contribution in [0.25, 0.3) is 0 Å². The van der Waals surface area contributed by atoms with Crippen LogP contribution >= 0.6 is 0 Å². The average Bonchev–Trinajstić information content (AvgIpc) is 3.05. The van der Waals surface area contributed by atoms with Crippen LogP contribution < -0.4 is 11.3 Å². The van der Waals surface area contributed by atoms with E-state index in [-0.39, 0.29) is 23.5 Å². The molecule has 3 rings (SSSR count). The number of carbonyl (C=O) groups is 1. The van der Waals surface area contributed by atoms with Crippen molar-refractivity contribution in [3.63, 3.8) is 0 Å². The third kappa shape index (κ3) is 3.94. The maximum absolute atomic E-state index is 12.9. The van der Waals surface area contributed by atoms with Gasteiger partial charge in [-0.25, -0.2) is 4.98 Å². The number of amides is 1. The highest BCUT2D eigenvalue weighted by Gasteiger charge is 2.30. The van der Waals surface area contributed by atoms with E-state index in [2.05, 4.69) is 14.9 Å². The number of aromatic nitrogens is 2. The minimum Gasteiger partial charge on any atom is -0.369 e. The lowest BCUT2D eigenvalue weighted by Crippen LogP contribution is -2.36. The number of hydrogen-bond acceptors (Lipinski definition) is 5. The number of anilines is 1. The molecule has 1 fully saturated rings. The summed E-state index contributed by atoms with van der Waals surface area (Å²) in [6.45, 7) is 5.88. The zero-order valence-electron chi connectivity index (χ0n) is 15.5. The Kier molecular flexibility index (Phi) is 5.08. The van der Waals surface area contributed by atoms with Crippen molar-refractivity contribution in [2.75, 3.05) is 25.9 Å². The number of aromatic amines is 1. The fraction of sp³-hybridized carbons (Fsp3) is 0.421. The molecule has 1 atom stereocenters. The number of carbonyl (C=O) groups excluding carboxylic acids is 1. The number of nitrogens with zero attached hydrogens (tertiary/aromatic N) is 3. The Morgan fingerprint density at radius 3 is 2.88 bits per heavy atom. The molecule has 0 spiro atoms. The fourth-order valence-corrected chi connectivity index (χ4v) is 3.42. The van der Waals surface area contributed by atoms with Gasteiger partial charge in [-0.3, -0.25) is 19.5 Å². The van der Waals surface area contributed by atoms with E-state index in [1.807, 2.05) is 44.0 Å². The van der Waals surface area contributed by atoms with Gasteiger partial charge in [0.25, 0.3) is 11.5 Å². The molecule has 1 saturated heterocycles. The molecule has 1 aliphatic rings. The van der Waals surface area contributed by atoms with Gasteiger partial charge in [-0.1, -0.05) is 17.7 Å². The van der Waals surface area contributed by atoms with Gasteiger partial charge in [-0.15, -0.1) is 0 Å². The monoisotopic (exact) mass is 355 g/mol. The zero-order valence-corrected chi connectivity index (χ0v) is 15.5. The molecule has 1 aromatic heterocycles. The molecule has 3 N–H and O–H groups in total. The predicted octanol–water partition coefficient (Wildman–Crippen LogP) is 1.32. The molecule has 7 nitrogen and oxygen atoms in total. The lowest BCUT2D eigenvalue weighted by molar-refractivity contribution is 0.0778. The van der Waals surface area contributed by atoms with E-state index < -0.39 is 0 Å². The minimum absolute atomic E-state index is 0.0839. The highest BCUT2D eigenvalue weighted by atomic mass is 16.2. The van der Waals surface area contributed by atoms with Crippen LogP contribution in [0.15, 0.2) is 29.1 Å². The van der Waals surface area contributed by atoms with Gasteiger partial charge < -0.3 is 10.6 Å². The Morgan fingerprint density at radius 1 is 1.38 bits per heavy atom. The number of benzene rings is 1. The number of likely N-dealkylation sites (tertiary alicyclic amines) is 1. The molecule has 0 radical (unpaired) electrons. The summed E-state index contributed by atoms with van der Waals surface area (Å²) in [7, 11) is 1.98. The number of rotatable bonds is 4. The molecule has 138 valence electrons. The van der Waals surface area contributed by atoms with E-state index >= 15 is 0 Å². The van der Waals surface area contributed by atoms with E-state index in [1.165, 1.54) is 6.07 Å². The average molecular weight is 355 g/mol. The fourth-order valence-electron chi connectivity index (χ4n) is 3.42. The van der Waals surface area contributed by atoms with Crippen LogP contribution in [0.3, 0.4) is 0 Å². The number of aryl methyl sites for hydroxylation is 2. The smallest absolute Gasteiger partial charge is 0.254 e. The molecular formula is C19H25N5O2. The Bertz CT molecular complexity index is 876. The molecule has 0 bridgehead atoms. The lowest BCUT2D eigenvalue weighted by atomic mass is 10.0. The second kappa shape index (κ2) is 7.29. The maximum atomic E-state index is 12.9. The summed E-state index contributed by atoms with van der Waals surface area (Å²) in [5.74, 6) is 0.208. The van der Waals surface area contributed by atoms with E-state index in [9.17, 15) is 9.59 Å². The van der Waals surface area contributed by atoms with Gasteiger partial charge in [-0.2, -0.15) is 0 Å². The Morgan fingerprint density at radius 2 is 2.15 bits per heavy atom. The molecule has 1 unspecified atom stereocenters. The molecular weight excluding hydrogens is 330 g/mol. The number of nitrogens with two attached hydrogens (primary N) is 1. The van der Waals surface area contributed by atoms with Crippen molar-refractivity contribution in [1.82, 2.24) is 19.8 Å². The third-order valence-corrected chi connectivity index (χ3v) is 4.92. The molecule has 7 heteroatoms. The van der Waals surface area contributed by atoms with Crippen molar-refractivity contribution < 1.29 is 4.79 Å². The zero-order chi connectivity index (χ0) is 18.8. The molecule has 2 aromatic rings. The number of H-pyrrole nitrogens is 1. The SMILES string of the molecule is Cc1ccc(C)c(C(=O)N2CCC(N(C)Cc3cc(=O)[nH]c(N)n3)C2)c1. The summed E-state index contributed by atoms with van der Waals surface area (Å²) in [5.41, 5.74) is 8.85. The van der Waals surface area contributed by atoms with E-state index in [0.717, 1.165) is 29.7 Å². The van der Waals surface area contributed by atoms with E-state index in [4.69, 9.17) is 5.73 Å². The first-order chi connectivity index (χ1) is 12.3. The van der Waals surface area contributed by atoms with Crippen LogP contribution in [-0.2, 0) is 6.54 Å². The van der Waals surface area contributed by atoms with Gasteiger partial charge in [0.15, 0.2) is 0 Å². The van der Waals surface area contributed by atoms with Gasteiger partial charge in [-0.05, 0) is 38.9 Å². The van der Waals surface area contributed by atoms with Gasteiger partial charge in [0.1, 0.15) is 0 Å². The molecule has 1 aliphatic heterocycles. The minimum atomic E-state index is -0.251. The van der Waals surface area contributed by atoms with Crippen molar-refractivity contribution in [3.05, 3.63) is 57.0 Å². The Labute approximate surface area is 152 Å². The summed E-state index contributed by atoms with van der Waals surface area (Å²) < 4.78 is 0. The highest BCUT2D eigenvalue weighted by molar-refractivity contribution is 5.96. The van der Waals surface area contributed by atoms with Crippen LogP contribution in [-0.4, -0.2) is 51.9 Å². The molecule has 2 heterocycles. The molecule has 0 saturated carbocycles. The predicted molar refractivity (Wildman–Crippen MR) is 101 cm³/mol. The van der Waals surface area contributed by atoms with Crippen molar-refractivity contribution >= 4 is 11.9 Å². The van der Waals surface area contributed by atoms with Gasteiger partial charge in [0.05, 0.1) is 5.69 Å². The Balaban J connectivity index is 1.66. The first kappa shape index (κ1) is 18.1. The molecule has 1 amide bonds. The quantitative estimate of drug-likeness (QED) is 0.862. The van der Waals surface area contributed by atoms with E-state index in [1.54, 1.807) is 0 Å². The third-order valence-electron chi connectivity index (χ3n) is 4.92. The maximum Gasteiger partial charge on any atom is 0.254 e. The number of nitrogen functional groups attached to an aromatic ring is 1. The Hall–Kier alpha value is -2.67. The highest BCUT2D eigenvalue weighted by Crippen LogP contribution is 2.20. The van der Waals surface area contributed by atoms with Crippen molar-refractivity contribution in [3.8, 4) is 0 Å². The van der Waals surface area contributed by atoms with Crippen LogP contribution in [0.2, 0.25) is 0 Å². The van der Waals surface area contributed by atoms with Crippen LogP contribution in [0.4, 0.5) is 5.95 Å². The summed E-state index contributed by atoms with van der Waals surface area (Å²) in [6.07, 6.45) is 0.895. The molecule has 26 heavy (non-hydrogen) atoms. The normalized spacial score (nSPS) is 17.1. The summed E-state index contributed by atoms with van der Waals surface area (Å²) in [5, 5.41) is 0. The molecule has 0 aliphatic carbocycles. The first-order valence-corrected chi connectivity index (χ1v) is 8.76. The van der Waals surface area contributed by atoms with Crippen LogP contribution in [0.5, 0.6) is 0 Å². The molecule has 1 aromatic carbocycles. The van der Waals surface area contributed by atoms with Gasteiger partial charge >= 0.3 is 0 Å². The summed E-state index contributed by atoms with van der Waals surface area (Å²) >= 11 is 0. The topological polar surface area (TPSA) is 95.3 Å². The second-order valence-electron chi connectivity index (χ2n) is 7.05. The number of likely N-dealkylation sites (N-methyl/N-ethyl adjacent to an activating group) is 1. The van der Waals surface area contributed by atoms with E-state index in [0.29, 0.717) is 18.8 Å². The number of hydrogen-bond donors (Lipinski definition) is 2. The first-order valence-electron chi connectivity index (χ1n) is 8.76. The standard InChI is InChI=1S/C19H25N5O2/c1-12-4-5-13(2)16(8-12)18(26)24-7-6-15(11-24)23(3)10-14-9-17(25)22-19(20)21-14/h4-5,8-9,15H,6-7,10-11H2,1-3H3,(H3,20,21,22,25). The lowest BCUT2D eigenvalue weighted by Gasteiger charge is -2.24. The summed E-state index contributed by atoms with van der Waals surface area (Å²) in [4.78, 5) is 35.0. The summed E-state index contributed by atoms with van der Waals surface area (Å²) in [6, 6.07) is 7.66. The van der Waals surface area contributed by atoms with Crippen molar-refractivity contribution in [2.24, 2.45) is 0 Å². The van der Waals surface area contributed by atoms with Crippen molar-refractivity contribution in [2.45, 2.75) is 32.9 Å².